The molecule has 140 valence electrons. The van der Waals surface area contributed by atoms with Crippen molar-refractivity contribution in [2.75, 3.05) is 20.2 Å². The van der Waals surface area contributed by atoms with E-state index in [0.29, 0.717) is 37.1 Å². The maximum Gasteiger partial charge on any atom is 0.233 e. The Balaban J connectivity index is 2.72. The van der Waals surface area contributed by atoms with Gasteiger partial charge in [-0.25, -0.2) is 0 Å². The number of rotatable bonds is 7. The van der Waals surface area contributed by atoms with E-state index < -0.39 is 5.41 Å². The molecule has 0 bridgehead atoms. The van der Waals surface area contributed by atoms with Crippen molar-refractivity contribution >= 4 is 17.5 Å². The summed E-state index contributed by atoms with van der Waals surface area (Å²) < 4.78 is 5.37. The van der Waals surface area contributed by atoms with E-state index in [2.05, 4.69) is 0 Å². The molecule has 0 saturated carbocycles. The van der Waals surface area contributed by atoms with Crippen LogP contribution in [-0.2, 0) is 9.53 Å². The van der Waals surface area contributed by atoms with Gasteiger partial charge in [0.05, 0.1) is 18.1 Å². The van der Waals surface area contributed by atoms with Crippen molar-refractivity contribution in [3.8, 4) is 0 Å². The molecule has 1 unspecified atom stereocenters. The number of methoxy groups -OCH3 is 1. The Kier molecular flexibility index (Phi) is 6.01. The predicted molar refractivity (Wildman–Crippen MR) is 100 cm³/mol. The molecule has 0 N–H and O–H groups in total. The lowest BCUT2D eigenvalue weighted by Crippen LogP contribution is -2.46. The highest BCUT2D eigenvalue weighted by atomic mass is 16.5. The van der Waals surface area contributed by atoms with E-state index in [-0.39, 0.29) is 28.8 Å². The fraction of sp³-hybridized carbons (Fsp3) is 0.476. The van der Waals surface area contributed by atoms with Crippen molar-refractivity contribution in [2.24, 2.45) is 5.41 Å². The van der Waals surface area contributed by atoms with Crippen LogP contribution in [0, 0.1) is 5.41 Å². The van der Waals surface area contributed by atoms with Gasteiger partial charge in [-0.15, -0.1) is 0 Å². The number of hydrogen-bond donors (Lipinski definition) is 0. The molecule has 2 rings (SSSR count). The van der Waals surface area contributed by atoms with Crippen LogP contribution < -0.4 is 0 Å². The number of carbonyl (C=O) groups is 3. The molecule has 5 nitrogen and oxygen atoms in total. The molecule has 26 heavy (non-hydrogen) atoms. The number of carbonyl (C=O) groups excluding carboxylic acids is 3. The highest BCUT2D eigenvalue weighted by molar-refractivity contribution is 6.28. The van der Waals surface area contributed by atoms with Gasteiger partial charge in [-0.3, -0.25) is 14.4 Å². The second-order valence-electron chi connectivity index (χ2n) is 6.67. The normalized spacial score (nSPS) is 16.2. The highest BCUT2D eigenvalue weighted by Crippen LogP contribution is 2.42. The highest BCUT2D eigenvalue weighted by Gasteiger charge is 2.48. The van der Waals surface area contributed by atoms with Crippen molar-refractivity contribution in [3.05, 3.63) is 46.7 Å². The van der Waals surface area contributed by atoms with Gasteiger partial charge in [-0.2, -0.15) is 0 Å². The van der Waals surface area contributed by atoms with E-state index in [9.17, 15) is 14.4 Å². The second-order valence-corrected chi connectivity index (χ2v) is 6.67. The Morgan fingerprint density at radius 3 is 2.04 bits per heavy atom. The zero-order chi connectivity index (χ0) is 19.5. The van der Waals surface area contributed by atoms with Gasteiger partial charge in [0.2, 0.25) is 11.7 Å². The van der Waals surface area contributed by atoms with E-state index in [1.54, 1.807) is 36.1 Å². The average Bonchev–Trinajstić information content (AvgIpc) is 2.65. The van der Waals surface area contributed by atoms with Crippen LogP contribution in [-0.4, -0.2) is 42.6 Å². The Bertz CT molecular complexity index is 761. The van der Waals surface area contributed by atoms with Gasteiger partial charge in [0, 0.05) is 24.2 Å². The number of nitrogens with zero attached hydrogens (tertiary/aromatic N) is 1. The summed E-state index contributed by atoms with van der Waals surface area (Å²) in [5.41, 5.74) is -0.260. The summed E-state index contributed by atoms with van der Waals surface area (Å²) in [6, 6.07) is 6.70. The summed E-state index contributed by atoms with van der Waals surface area (Å²) in [5, 5.41) is 0. The number of Topliss-reactive ketones (excluding diaryl/α,β-unsaturated/α-hetero) is 2. The van der Waals surface area contributed by atoms with Gasteiger partial charge in [0.25, 0.3) is 0 Å². The van der Waals surface area contributed by atoms with E-state index >= 15 is 0 Å². The summed E-state index contributed by atoms with van der Waals surface area (Å²) in [6.45, 7) is 8.62. The molecule has 1 aliphatic rings. The summed E-state index contributed by atoms with van der Waals surface area (Å²) in [6.07, 6.45) is 1.17. The lowest BCUT2D eigenvalue weighted by atomic mass is 9.70. The first-order valence-electron chi connectivity index (χ1n) is 9.13. The third-order valence-electron chi connectivity index (χ3n) is 5.11. The Morgan fingerprint density at radius 2 is 1.58 bits per heavy atom. The second kappa shape index (κ2) is 7.85. The molecule has 0 spiro atoms. The number of allylic oxidation sites excluding steroid dienone is 1. The molecule has 0 saturated heterocycles. The van der Waals surface area contributed by atoms with Crippen molar-refractivity contribution < 1.29 is 19.1 Å². The topological polar surface area (TPSA) is 63.7 Å². The van der Waals surface area contributed by atoms with Crippen LogP contribution in [0.2, 0.25) is 0 Å². The zero-order valence-corrected chi connectivity index (χ0v) is 16.2. The van der Waals surface area contributed by atoms with Gasteiger partial charge >= 0.3 is 0 Å². The number of ketones is 2. The van der Waals surface area contributed by atoms with Crippen molar-refractivity contribution in [2.45, 2.75) is 40.5 Å². The first-order chi connectivity index (χ1) is 12.4. The maximum absolute atomic E-state index is 13.3. The monoisotopic (exact) mass is 357 g/mol. The number of ether oxygens (including phenoxy) is 1. The predicted octanol–water partition coefficient (Wildman–Crippen LogP) is 3.64. The molecular weight excluding hydrogens is 330 g/mol. The number of amides is 1. The van der Waals surface area contributed by atoms with Gasteiger partial charge in [0.1, 0.15) is 0 Å². The third kappa shape index (κ3) is 3.06. The van der Waals surface area contributed by atoms with E-state index in [4.69, 9.17) is 4.74 Å². The molecule has 1 atom stereocenters. The molecule has 0 aliphatic heterocycles. The minimum atomic E-state index is -1.10. The molecule has 1 aliphatic carbocycles. The van der Waals surface area contributed by atoms with E-state index in [0.717, 1.165) is 0 Å². The van der Waals surface area contributed by atoms with Gasteiger partial charge in [-0.05, 0) is 27.2 Å². The van der Waals surface area contributed by atoms with E-state index in [1.807, 2.05) is 20.8 Å². The summed E-state index contributed by atoms with van der Waals surface area (Å²) in [7, 11) is 1.38. The molecule has 1 aromatic carbocycles. The number of benzene rings is 1. The lowest BCUT2D eigenvalue weighted by molar-refractivity contribution is -0.139. The van der Waals surface area contributed by atoms with Crippen LogP contribution >= 0.6 is 0 Å². The zero-order valence-electron chi connectivity index (χ0n) is 16.2. The number of fused-ring (bicyclic) bond motifs is 1. The molecule has 0 radical (unpaired) electrons. The Morgan fingerprint density at radius 1 is 1.04 bits per heavy atom. The summed E-state index contributed by atoms with van der Waals surface area (Å²) >= 11 is 0. The van der Waals surface area contributed by atoms with E-state index in [1.165, 1.54) is 7.11 Å². The Hall–Kier alpha value is -2.43. The maximum atomic E-state index is 13.3. The third-order valence-corrected chi connectivity index (χ3v) is 5.11. The van der Waals surface area contributed by atoms with Gasteiger partial charge < -0.3 is 9.64 Å². The summed E-state index contributed by atoms with van der Waals surface area (Å²) in [5.74, 6) is -0.791. The average molecular weight is 357 g/mol. The van der Waals surface area contributed by atoms with Crippen LogP contribution in [0.1, 0.15) is 61.3 Å². The number of hydrogen-bond acceptors (Lipinski definition) is 4. The quantitative estimate of drug-likeness (QED) is 0.747. The molecular formula is C21H27NO4. The summed E-state index contributed by atoms with van der Waals surface area (Å²) in [4.78, 5) is 41.2. The van der Waals surface area contributed by atoms with Gasteiger partial charge in [-0.1, -0.05) is 37.6 Å². The van der Waals surface area contributed by atoms with Crippen LogP contribution in [0.25, 0.3) is 0 Å². The fourth-order valence-corrected chi connectivity index (χ4v) is 3.75. The molecule has 1 amide bonds. The molecule has 5 heteroatoms. The van der Waals surface area contributed by atoms with Crippen LogP contribution in [0.3, 0.4) is 0 Å². The largest absolute Gasteiger partial charge is 0.492 e. The first kappa shape index (κ1) is 19.9. The van der Waals surface area contributed by atoms with Crippen LogP contribution in [0.5, 0.6) is 0 Å². The van der Waals surface area contributed by atoms with Crippen LogP contribution in [0.4, 0.5) is 0 Å². The smallest absolute Gasteiger partial charge is 0.233 e. The molecule has 0 aromatic heterocycles. The fourth-order valence-electron chi connectivity index (χ4n) is 3.75. The van der Waals surface area contributed by atoms with Gasteiger partial charge in [0.15, 0.2) is 11.5 Å². The first-order valence-corrected chi connectivity index (χ1v) is 9.13. The standard InChI is InChI=1S/C21H27NO4/c1-6-13-21(4,20(25)22(7-2)8-3)16-17(23)14-11-9-10-12-15(14)18(24)19(16)26-5/h9-12H,6-8,13H2,1-5H3. The minimum absolute atomic E-state index is 0.00911. The van der Waals surface area contributed by atoms with Crippen molar-refractivity contribution in [1.82, 2.24) is 4.90 Å². The molecule has 0 heterocycles. The lowest BCUT2D eigenvalue weighted by Gasteiger charge is -2.37. The van der Waals surface area contributed by atoms with Crippen molar-refractivity contribution in [3.63, 3.8) is 0 Å². The Labute approximate surface area is 155 Å². The van der Waals surface area contributed by atoms with Crippen LogP contribution in [0.15, 0.2) is 35.6 Å². The van der Waals surface area contributed by atoms with Crippen molar-refractivity contribution in [1.29, 1.82) is 0 Å². The molecule has 0 fully saturated rings. The SMILES string of the molecule is CCCC(C)(C(=O)N(CC)CC)C1=C(OC)C(=O)c2ccccc2C1=O. The molecule has 1 aromatic rings. The minimum Gasteiger partial charge on any atom is -0.492 e.